The smallest absolute Gasteiger partial charge is 0.408 e. The van der Waals surface area contributed by atoms with Gasteiger partial charge in [-0.15, -0.1) is 0 Å². The first-order chi connectivity index (χ1) is 18.5. The monoisotopic (exact) mass is 552 g/mol. The van der Waals surface area contributed by atoms with E-state index in [9.17, 15) is 19.2 Å². The first kappa shape index (κ1) is 32.3. The van der Waals surface area contributed by atoms with Crippen molar-refractivity contribution in [1.29, 1.82) is 0 Å². The Bertz CT molecular complexity index is 1250. The number of hydrogen-bond acceptors (Lipinski definition) is 5. The number of aryl methyl sites for hydroxylation is 3. The molecule has 0 spiro atoms. The minimum atomic E-state index is -1.35. The summed E-state index contributed by atoms with van der Waals surface area (Å²) in [5, 5.41) is 5.53. The molecule has 0 aliphatic carbocycles. The highest BCUT2D eigenvalue weighted by Gasteiger charge is 2.44. The third-order valence-corrected chi connectivity index (χ3v) is 6.79. The summed E-state index contributed by atoms with van der Waals surface area (Å²) in [6.07, 6.45) is -0.852. The van der Waals surface area contributed by atoms with Gasteiger partial charge in [0.1, 0.15) is 17.7 Å². The van der Waals surface area contributed by atoms with Crippen molar-refractivity contribution in [3.8, 4) is 0 Å². The minimum absolute atomic E-state index is 0.423. The Kier molecular flexibility index (Phi) is 10.5. The van der Waals surface area contributed by atoms with Crippen LogP contribution < -0.4 is 16.4 Å². The van der Waals surface area contributed by atoms with Crippen LogP contribution in [0.3, 0.4) is 0 Å². The summed E-state index contributed by atoms with van der Waals surface area (Å²) in [5.74, 6) is -1.83. The van der Waals surface area contributed by atoms with Crippen LogP contribution in [-0.4, -0.2) is 45.9 Å². The molecule has 0 radical (unpaired) electrons. The standard InChI is InChI=1S/C31H44N4O5/c1-10-31(8,9)35(28(38)24(18-25(32)36)34-29(39)40-30(5,6)7)26(22-17-19(2)15-16-20(22)3)27(37)33-23-14-12-11-13-21(23)4/h11-17,24,26H,10,18H2,1-9H3,(H2,32,36)(H,33,37)(H,34,39). The van der Waals surface area contributed by atoms with E-state index in [1.165, 1.54) is 4.90 Å². The van der Waals surface area contributed by atoms with E-state index in [-0.39, 0.29) is 0 Å². The molecule has 2 unspecified atom stereocenters. The summed E-state index contributed by atoms with van der Waals surface area (Å²) in [7, 11) is 0. The van der Waals surface area contributed by atoms with Gasteiger partial charge in [-0.1, -0.05) is 48.9 Å². The molecular weight excluding hydrogens is 508 g/mol. The van der Waals surface area contributed by atoms with Crippen LogP contribution in [0.2, 0.25) is 0 Å². The maximum Gasteiger partial charge on any atom is 0.408 e. The lowest BCUT2D eigenvalue weighted by Gasteiger charge is -2.45. The van der Waals surface area contributed by atoms with Crippen molar-refractivity contribution in [1.82, 2.24) is 10.2 Å². The first-order valence-electron chi connectivity index (χ1n) is 13.5. The summed E-state index contributed by atoms with van der Waals surface area (Å²) in [4.78, 5) is 54.8. The van der Waals surface area contributed by atoms with Gasteiger partial charge in [-0.3, -0.25) is 14.4 Å². The average molecular weight is 553 g/mol. The van der Waals surface area contributed by atoms with Gasteiger partial charge in [0.05, 0.1) is 6.42 Å². The Labute approximate surface area is 237 Å². The fourth-order valence-electron chi connectivity index (χ4n) is 4.33. The molecule has 0 fully saturated rings. The van der Waals surface area contributed by atoms with Gasteiger partial charge < -0.3 is 26.0 Å². The van der Waals surface area contributed by atoms with E-state index in [1.54, 1.807) is 26.8 Å². The lowest BCUT2D eigenvalue weighted by Crippen LogP contribution is -2.59. The number of amides is 4. The number of hydrogen-bond donors (Lipinski definition) is 3. The van der Waals surface area contributed by atoms with Gasteiger partial charge >= 0.3 is 6.09 Å². The molecule has 0 aliphatic heterocycles. The zero-order valence-electron chi connectivity index (χ0n) is 25.2. The highest BCUT2D eigenvalue weighted by Crippen LogP contribution is 2.35. The van der Waals surface area contributed by atoms with Crippen LogP contribution in [0, 0.1) is 20.8 Å². The van der Waals surface area contributed by atoms with Crippen molar-refractivity contribution in [2.45, 2.75) is 98.4 Å². The van der Waals surface area contributed by atoms with Gasteiger partial charge in [-0.2, -0.15) is 0 Å². The summed E-state index contributed by atoms with van der Waals surface area (Å²) in [5.41, 5.74) is 7.64. The second-order valence-electron chi connectivity index (χ2n) is 11.8. The van der Waals surface area contributed by atoms with Gasteiger partial charge in [-0.25, -0.2) is 4.79 Å². The Hall–Kier alpha value is -3.88. The van der Waals surface area contributed by atoms with Crippen LogP contribution in [-0.2, 0) is 19.1 Å². The molecule has 0 aromatic heterocycles. The van der Waals surface area contributed by atoms with Crippen LogP contribution in [0.1, 0.15) is 82.7 Å². The number of primary amides is 1. The molecule has 0 heterocycles. The summed E-state index contributed by atoms with van der Waals surface area (Å²) < 4.78 is 5.36. The number of carbonyl (C=O) groups excluding carboxylic acids is 4. The number of alkyl carbamates (subject to hydrolysis) is 1. The summed E-state index contributed by atoms with van der Waals surface area (Å²) in [6, 6.07) is 10.7. The van der Waals surface area contributed by atoms with Gasteiger partial charge in [0, 0.05) is 11.2 Å². The van der Waals surface area contributed by atoms with Crippen molar-refractivity contribution in [3.05, 3.63) is 64.7 Å². The number of benzene rings is 2. The predicted octanol–water partition coefficient (Wildman–Crippen LogP) is 5.08. The fraction of sp³-hybridized carbons (Fsp3) is 0.484. The largest absolute Gasteiger partial charge is 0.444 e. The molecule has 0 aliphatic rings. The van der Waals surface area contributed by atoms with Crippen LogP contribution in [0.5, 0.6) is 0 Å². The highest BCUT2D eigenvalue weighted by atomic mass is 16.6. The lowest BCUT2D eigenvalue weighted by molar-refractivity contribution is -0.148. The topological polar surface area (TPSA) is 131 Å². The lowest BCUT2D eigenvalue weighted by atomic mass is 9.89. The molecular formula is C31H44N4O5. The van der Waals surface area contributed by atoms with Crippen LogP contribution in [0.25, 0.3) is 0 Å². The highest BCUT2D eigenvalue weighted by molar-refractivity contribution is 6.00. The Balaban J connectivity index is 2.72. The molecule has 9 heteroatoms. The Morgan fingerprint density at radius 1 is 0.950 bits per heavy atom. The van der Waals surface area contributed by atoms with Crippen LogP contribution >= 0.6 is 0 Å². The molecule has 0 saturated carbocycles. The van der Waals surface area contributed by atoms with Crippen LogP contribution in [0.4, 0.5) is 10.5 Å². The number of carbonyl (C=O) groups is 4. The van der Waals surface area contributed by atoms with Gasteiger partial charge in [0.15, 0.2) is 0 Å². The van der Waals surface area contributed by atoms with E-state index in [0.29, 0.717) is 17.7 Å². The molecule has 2 rings (SSSR count). The molecule has 0 saturated heterocycles. The van der Waals surface area contributed by atoms with E-state index in [2.05, 4.69) is 10.6 Å². The zero-order chi connectivity index (χ0) is 30.4. The van der Waals surface area contributed by atoms with Crippen molar-refractivity contribution < 1.29 is 23.9 Å². The molecule has 218 valence electrons. The quantitative estimate of drug-likeness (QED) is 0.378. The van der Waals surface area contributed by atoms with Gasteiger partial charge in [0.25, 0.3) is 5.91 Å². The van der Waals surface area contributed by atoms with Crippen molar-refractivity contribution in [2.75, 3.05) is 5.32 Å². The summed E-state index contributed by atoms with van der Waals surface area (Å²) in [6.45, 7) is 16.3. The van der Waals surface area contributed by atoms with Crippen molar-refractivity contribution in [3.63, 3.8) is 0 Å². The molecule has 2 atom stereocenters. The minimum Gasteiger partial charge on any atom is -0.444 e. The maximum absolute atomic E-state index is 14.4. The van der Waals surface area contributed by atoms with E-state index in [4.69, 9.17) is 10.5 Å². The molecule has 0 bridgehead atoms. The van der Waals surface area contributed by atoms with Crippen molar-refractivity contribution >= 4 is 29.5 Å². The first-order valence-corrected chi connectivity index (χ1v) is 13.5. The maximum atomic E-state index is 14.4. The van der Waals surface area contributed by atoms with Crippen LogP contribution in [0.15, 0.2) is 42.5 Å². The second kappa shape index (κ2) is 13.0. The number of para-hydroxylation sites is 1. The Morgan fingerprint density at radius 2 is 1.57 bits per heavy atom. The van der Waals surface area contributed by atoms with E-state index in [1.807, 2.05) is 77.9 Å². The third kappa shape index (κ3) is 8.56. The zero-order valence-corrected chi connectivity index (χ0v) is 25.2. The fourth-order valence-corrected chi connectivity index (χ4v) is 4.33. The SMILES string of the molecule is CCC(C)(C)N(C(=O)C(CC(N)=O)NC(=O)OC(C)(C)C)C(C(=O)Nc1ccccc1C)c1cc(C)ccc1C. The van der Waals surface area contributed by atoms with Gasteiger partial charge in [0.2, 0.25) is 11.8 Å². The average Bonchev–Trinajstić information content (AvgIpc) is 2.83. The number of nitrogens with one attached hydrogen (secondary N) is 2. The molecule has 4 amide bonds. The second-order valence-corrected chi connectivity index (χ2v) is 11.8. The molecule has 40 heavy (non-hydrogen) atoms. The normalized spacial score (nSPS) is 13.1. The van der Waals surface area contributed by atoms with Crippen molar-refractivity contribution in [2.24, 2.45) is 5.73 Å². The number of rotatable bonds is 10. The Morgan fingerprint density at radius 3 is 2.12 bits per heavy atom. The molecule has 9 nitrogen and oxygen atoms in total. The van der Waals surface area contributed by atoms with E-state index in [0.717, 1.165) is 16.7 Å². The predicted molar refractivity (Wildman–Crippen MR) is 157 cm³/mol. The number of nitrogens with zero attached hydrogens (tertiary/aromatic N) is 1. The third-order valence-electron chi connectivity index (χ3n) is 6.79. The van der Waals surface area contributed by atoms with Gasteiger partial charge in [-0.05, 0) is 84.6 Å². The molecule has 2 aromatic carbocycles. The number of anilines is 1. The van der Waals surface area contributed by atoms with E-state index >= 15 is 0 Å². The van der Waals surface area contributed by atoms with E-state index < -0.39 is 53.5 Å². The summed E-state index contributed by atoms with van der Waals surface area (Å²) >= 11 is 0. The number of nitrogens with two attached hydrogens (primary N) is 1. The molecule has 4 N–H and O–H groups in total. The number of ether oxygens (including phenoxy) is 1. The molecule has 2 aromatic rings.